The zero-order valence-corrected chi connectivity index (χ0v) is 59.5. The monoisotopic (exact) mass is 1230 g/mol. The first-order valence-electron chi connectivity index (χ1n) is 40.5. The molecule has 2 unspecified atom stereocenters. The average Bonchev–Trinajstić information content (AvgIpc) is 3.53. The Bertz CT molecular complexity index is 1320. The second kappa shape index (κ2) is 77.1. The lowest BCUT2D eigenvalue weighted by molar-refractivity contribution is -0.143. The van der Waals surface area contributed by atoms with Crippen molar-refractivity contribution in [2.24, 2.45) is 0 Å². The van der Waals surface area contributed by atoms with E-state index in [1.807, 2.05) is 6.08 Å². The number of amides is 1. The fourth-order valence-corrected chi connectivity index (χ4v) is 13.2. The lowest BCUT2D eigenvalue weighted by Crippen LogP contribution is -2.45. The van der Waals surface area contributed by atoms with Gasteiger partial charge in [-0.15, -0.1) is 0 Å². The molecule has 2 atom stereocenters. The molecule has 0 saturated heterocycles. The van der Waals surface area contributed by atoms with Crippen molar-refractivity contribution in [2.75, 3.05) is 13.2 Å². The van der Waals surface area contributed by atoms with E-state index in [0.29, 0.717) is 19.4 Å². The first kappa shape index (κ1) is 85.6. The van der Waals surface area contributed by atoms with Crippen LogP contribution in [0.5, 0.6) is 0 Å². The van der Waals surface area contributed by atoms with Crippen LogP contribution in [0.25, 0.3) is 0 Å². The first-order valence-corrected chi connectivity index (χ1v) is 40.5. The zero-order valence-electron chi connectivity index (χ0n) is 59.5. The minimum absolute atomic E-state index is 0.0250. The Kier molecular flexibility index (Phi) is 75.8. The molecule has 87 heavy (non-hydrogen) atoms. The third kappa shape index (κ3) is 73.5. The molecule has 0 spiro atoms. The third-order valence-corrected chi connectivity index (χ3v) is 19.3. The molecule has 0 fully saturated rings. The Hall–Kier alpha value is -1.40. The van der Waals surface area contributed by atoms with E-state index in [0.717, 1.165) is 38.5 Å². The number of aliphatic hydroxyl groups is 2. The van der Waals surface area contributed by atoms with E-state index in [2.05, 4.69) is 19.2 Å². The molecule has 0 aromatic heterocycles. The summed E-state index contributed by atoms with van der Waals surface area (Å²) >= 11 is 0. The van der Waals surface area contributed by atoms with E-state index >= 15 is 0 Å². The standard InChI is InChI=1S/C81H159NO5/c1-3-5-7-9-11-13-15-17-18-19-20-38-41-44-47-50-53-57-61-65-69-73-79(84)78(77-83)82-80(85)74-70-66-62-58-54-51-48-45-42-39-36-34-32-30-28-26-24-22-21-23-25-27-29-31-33-35-37-40-43-46-49-52-56-60-64-68-72-76-87-81(86)75-71-67-63-59-55-16-14-12-10-8-6-4-2/h69,73,78-79,83-84H,3-68,70-72,74-77H2,1-2H3,(H,82,85)/b73-69+. The number of hydrogen-bond donors (Lipinski definition) is 3. The van der Waals surface area contributed by atoms with Crippen LogP contribution in [0.3, 0.4) is 0 Å². The molecule has 0 aliphatic rings. The van der Waals surface area contributed by atoms with Crippen LogP contribution in [0, 0.1) is 0 Å². The number of carbonyl (C=O) groups excluding carboxylic acids is 2. The summed E-state index contributed by atoms with van der Waals surface area (Å²) in [6.07, 6.45) is 97.8. The van der Waals surface area contributed by atoms with Gasteiger partial charge in [-0.05, 0) is 32.1 Å². The van der Waals surface area contributed by atoms with E-state index in [4.69, 9.17) is 4.74 Å². The predicted molar refractivity (Wildman–Crippen MR) is 384 cm³/mol. The van der Waals surface area contributed by atoms with Crippen LogP contribution in [-0.4, -0.2) is 47.4 Å². The summed E-state index contributed by atoms with van der Waals surface area (Å²) in [5.74, 6) is -0.0319. The molecule has 0 aliphatic carbocycles. The number of aliphatic hydroxyl groups excluding tert-OH is 2. The molecular formula is C81H159NO5. The summed E-state index contributed by atoms with van der Waals surface area (Å²) in [7, 11) is 0. The lowest BCUT2D eigenvalue weighted by Gasteiger charge is -2.20. The average molecular weight is 1230 g/mol. The molecule has 6 nitrogen and oxygen atoms in total. The van der Waals surface area contributed by atoms with Gasteiger partial charge in [0, 0.05) is 12.8 Å². The number of rotatable bonds is 77. The summed E-state index contributed by atoms with van der Waals surface area (Å²) in [4.78, 5) is 24.6. The third-order valence-electron chi connectivity index (χ3n) is 19.3. The van der Waals surface area contributed by atoms with Gasteiger partial charge in [-0.1, -0.05) is 437 Å². The molecule has 0 aromatic carbocycles. The van der Waals surface area contributed by atoms with Crippen LogP contribution in [-0.2, 0) is 14.3 Å². The smallest absolute Gasteiger partial charge is 0.305 e. The van der Waals surface area contributed by atoms with Crippen molar-refractivity contribution in [3.63, 3.8) is 0 Å². The van der Waals surface area contributed by atoms with Crippen molar-refractivity contribution in [3.05, 3.63) is 12.2 Å². The van der Waals surface area contributed by atoms with Gasteiger partial charge in [0.1, 0.15) is 0 Å². The van der Waals surface area contributed by atoms with Gasteiger partial charge in [-0.2, -0.15) is 0 Å². The van der Waals surface area contributed by atoms with Gasteiger partial charge >= 0.3 is 5.97 Å². The predicted octanol–water partition coefficient (Wildman–Crippen LogP) is 26.7. The van der Waals surface area contributed by atoms with Crippen LogP contribution < -0.4 is 5.32 Å². The fourth-order valence-electron chi connectivity index (χ4n) is 13.2. The van der Waals surface area contributed by atoms with Gasteiger partial charge in [-0.3, -0.25) is 9.59 Å². The summed E-state index contributed by atoms with van der Waals surface area (Å²) in [6, 6.07) is -0.624. The van der Waals surface area contributed by atoms with Crippen LogP contribution in [0.1, 0.15) is 470 Å². The zero-order chi connectivity index (χ0) is 62.8. The van der Waals surface area contributed by atoms with Crippen molar-refractivity contribution in [1.29, 1.82) is 0 Å². The molecule has 0 aliphatic heterocycles. The van der Waals surface area contributed by atoms with Crippen LogP contribution in [0.4, 0.5) is 0 Å². The quantitative estimate of drug-likeness (QED) is 0.0320. The second-order valence-electron chi connectivity index (χ2n) is 28.1. The molecule has 0 rings (SSSR count). The number of hydrogen-bond acceptors (Lipinski definition) is 5. The van der Waals surface area contributed by atoms with Gasteiger partial charge in [0.15, 0.2) is 0 Å². The number of allylic oxidation sites excluding steroid dienone is 1. The maximum Gasteiger partial charge on any atom is 0.305 e. The maximum atomic E-state index is 12.5. The van der Waals surface area contributed by atoms with E-state index in [-0.39, 0.29) is 18.5 Å². The number of nitrogens with one attached hydrogen (secondary N) is 1. The minimum Gasteiger partial charge on any atom is -0.466 e. The molecule has 0 saturated carbocycles. The SMILES string of the molecule is CCCCCCCCCCCCCCCCCCCCC/C=C/C(O)C(CO)NC(=O)CCCCCCCCCCCCCCCCCCCCCCCCCCCCCCCCCCCCCCCOC(=O)CCCCCCCCCCCCCC. The Balaban J connectivity index is 3.32. The van der Waals surface area contributed by atoms with Crippen molar-refractivity contribution in [2.45, 2.75) is 482 Å². The van der Waals surface area contributed by atoms with Gasteiger partial charge in [0.2, 0.25) is 5.91 Å². The summed E-state index contributed by atoms with van der Waals surface area (Å²) in [6.45, 7) is 4.96. The Morgan fingerprint density at radius 2 is 0.529 bits per heavy atom. The molecule has 0 aromatic rings. The highest BCUT2D eigenvalue weighted by Crippen LogP contribution is 2.20. The minimum atomic E-state index is -0.841. The van der Waals surface area contributed by atoms with E-state index < -0.39 is 12.1 Å². The first-order chi connectivity index (χ1) is 43.0. The van der Waals surface area contributed by atoms with Gasteiger partial charge < -0.3 is 20.3 Å². The fraction of sp³-hybridized carbons (Fsp3) is 0.951. The molecule has 0 radical (unpaired) electrons. The highest BCUT2D eigenvalue weighted by molar-refractivity contribution is 5.76. The normalized spacial score (nSPS) is 12.5. The molecule has 6 heteroatoms. The second-order valence-corrected chi connectivity index (χ2v) is 28.1. The molecule has 3 N–H and O–H groups in total. The van der Waals surface area contributed by atoms with Crippen LogP contribution in [0.15, 0.2) is 12.2 Å². The molecule has 0 heterocycles. The molecule has 0 bridgehead atoms. The Morgan fingerprint density at radius 1 is 0.310 bits per heavy atom. The highest BCUT2D eigenvalue weighted by atomic mass is 16.5. The highest BCUT2D eigenvalue weighted by Gasteiger charge is 2.18. The largest absolute Gasteiger partial charge is 0.466 e. The molecule has 1 amide bonds. The summed E-state index contributed by atoms with van der Waals surface area (Å²) in [5, 5.41) is 23.3. The number of carbonyl (C=O) groups is 2. The van der Waals surface area contributed by atoms with Gasteiger partial charge in [-0.25, -0.2) is 0 Å². The van der Waals surface area contributed by atoms with E-state index in [9.17, 15) is 19.8 Å². The van der Waals surface area contributed by atoms with Crippen molar-refractivity contribution in [3.8, 4) is 0 Å². The lowest BCUT2D eigenvalue weighted by atomic mass is 10.0. The van der Waals surface area contributed by atoms with Crippen LogP contribution in [0.2, 0.25) is 0 Å². The van der Waals surface area contributed by atoms with Crippen molar-refractivity contribution >= 4 is 11.9 Å². The summed E-state index contributed by atoms with van der Waals surface area (Å²) in [5.41, 5.74) is 0. The molecular weight excluding hydrogens is 1070 g/mol. The van der Waals surface area contributed by atoms with Crippen LogP contribution >= 0.6 is 0 Å². The number of unbranched alkanes of at least 4 members (excludes halogenated alkanes) is 66. The topological polar surface area (TPSA) is 95.9 Å². The molecule has 518 valence electrons. The van der Waals surface area contributed by atoms with Crippen molar-refractivity contribution < 1.29 is 24.5 Å². The van der Waals surface area contributed by atoms with Gasteiger partial charge in [0.05, 0.1) is 25.4 Å². The summed E-state index contributed by atoms with van der Waals surface area (Å²) < 4.78 is 5.49. The maximum absolute atomic E-state index is 12.5. The number of ether oxygens (including phenoxy) is 1. The number of esters is 1. The van der Waals surface area contributed by atoms with Crippen molar-refractivity contribution in [1.82, 2.24) is 5.32 Å². The Labute approximate surface area is 546 Å². The van der Waals surface area contributed by atoms with E-state index in [1.165, 1.54) is 405 Å². The Morgan fingerprint density at radius 3 is 0.782 bits per heavy atom. The van der Waals surface area contributed by atoms with E-state index in [1.54, 1.807) is 6.08 Å². The van der Waals surface area contributed by atoms with Gasteiger partial charge in [0.25, 0.3) is 0 Å².